The van der Waals surface area contributed by atoms with Gasteiger partial charge < -0.3 is 14.6 Å². The zero-order valence-electron chi connectivity index (χ0n) is 17.6. The van der Waals surface area contributed by atoms with Gasteiger partial charge in [-0.05, 0) is 62.2 Å². The first-order valence-corrected chi connectivity index (χ1v) is 9.83. The average Bonchev–Trinajstić information content (AvgIpc) is 2.99. The predicted octanol–water partition coefficient (Wildman–Crippen LogP) is 4.60. The zero-order chi connectivity index (χ0) is 22.6. The first-order chi connectivity index (χ1) is 14.8. The van der Waals surface area contributed by atoms with Gasteiger partial charge in [-0.3, -0.25) is 4.79 Å². The second-order valence-corrected chi connectivity index (χ2v) is 7.33. The van der Waals surface area contributed by atoms with E-state index in [-0.39, 0.29) is 18.8 Å². The van der Waals surface area contributed by atoms with Crippen molar-refractivity contribution in [3.8, 4) is 17.9 Å². The minimum absolute atomic E-state index is 0.00969. The molecule has 6 nitrogen and oxygen atoms in total. The molecule has 31 heavy (non-hydrogen) atoms. The summed E-state index contributed by atoms with van der Waals surface area (Å²) in [5.74, 6) is -0.0971. The number of benzene rings is 2. The lowest BCUT2D eigenvalue weighted by molar-refractivity contribution is -0.142. The standard InChI is InChI=1S/C25H22N2O4/c1-4-30-23(28)13-20-9-8-18(15-27)12-22(20)31-25(3)16(2)10-21(24(25)29)19-7-5-6-17(11-19)14-26/h5-12,29H,4,13H2,1-3H3. The Kier molecular flexibility index (Phi) is 6.13. The lowest BCUT2D eigenvalue weighted by atomic mass is 9.97. The molecule has 1 aliphatic rings. The highest BCUT2D eigenvalue weighted by Crippen LogP contribution is 2.42. The van der Waals surface area contributed by atoms with Crippen LogP contribution in [0.2, 0.25) is 0 Å². The van der Waals surface area contributed by atoms with E-state index in [4.69, 9.17) is 9.47 Å². The molecule has 6 heteroatoms. The van der Waals surface area contributed by atoms with Gasteiger partial charge in [0.15, 0.2) is 5.60 Å². The van der Waals surface area contributed by atoms with Crippen LogP contribution in [0.5, 0.6) is 5.75 Å². The molecule has 1 N–H and O–H groups in total. The molecule has 3 rings (SSSR count). The molecule has 1 atom stereocenters. The minimum Gasteiger partial charge on any atom is -0.507 e. The summed E-state index contributed by atoms with van der Waals surface area (Å²) in [6.07, 6.45) is 1.79. The molecule has 2 aromatic carbocycles. The van der Waals surface area contributed by atoms with Crippen LogP contribution in [0.25, 0.3) is 5.57 Å². The number of rotatable bonds is 6. The molecule has 0 saturated heterocycles. The number of carbonyl (C=O) groups is 1. The van der Waals surface area contributed by atoms with Gasteiger partial charge in [0.2, 0.25) is 0 Å². The Morgan fingerprint density at radius 2 is 1.84 bits per heavy atom. The van der Waals surface area contributed by atoms with Crippen molar-refractivity contribution in [2.75, 3.05) is 6.61 Å². The topological polar surface area (TPSA) is 103 Å². The van der Waals surface area contributed by atoms with E-state index >= 15 is 0 Å². The van der Waals surface area contributed by atoms with Gasteiger partial charge in [-0.2, -0.15) is 10.5 Å². The summed E-state index contributed by atoms with van der Waals surface area (Å²) in [6, 6.07) is 15.9. The van der Waals surface area contributed by atoms with Crippen molar-refractivity contribution in [2.45, 2.75) is 32.8 Å². The van der Waals surface area contributed by atoms with E-state index in [1.165, 1.54) is 0 Å². The Hall–Kier alpha value is -4.03. The molecular weight excluding hydrogens is 392 g/mol. The van der Waals surface area contributed by atoms with Gasteiger partial charge in [-0.15, -0.1) is 0 Å². The van der Waals surface area contributed by atoms with Crippen molar-refractivity contribution in [1.29, 1.82) is 10.5 Å². The van der Waals surface area contributed by atoms with Gasteiger partial charge in [-0.25, -0.2) is 0 Å². The van der Waals surface area contributed by atoms with Crippen LogP contribution in [0, 0.1) is 22.7 Å². The Bertz CT molecular complexity index is 1180. The largest absolute Gasteiger partial charge is 0.507 e. The van der Waals surface area contributed by atoms with Crippen LogP contribution in [0.1, 0.15) is 43.0 Å². The monoisotopic (exact) mass is 414 g/mol. The summed E-state index contributed by atoms with van der Waals surface area (Å²) in [4.78, 5) is 12.0. The summed E-state index contributed by atoms with van der Waals surface area (Å²) < 4.78 is 11.3. The van der Waals surface area contributed by atoms with Gasteiger partial charge in [0.1, 0.15) is 11.5 Å². The number of hydrogen-bond donors (Lipinski definition) is 1. The summed E-state index contributed by atoms with van der Waals surface area (Å²) in [5, 5.41) is 29.6. The summed E-state index contributed by atoms with van der Waals surface area (Å²) in [6.45, 7) is 5.55. The van der Waals surface area contributed by atoms with E-state index < -0.39 is 11.6 Å². The quantitative estimate of drug-likeness (QED) is 0.693. The second-order valence-electron chi connectivity index (χ2n) is 7.33. The zero-order valence-corrected chi connectivity index (χ0v) is 17.6. The van der Waals surface area contributed by atoms with Gasteiger partial charge in [0, 0.05) is 11.1 Å². The third-order valence-electron chi connectivity index (χ3n) is 5.27. The Morgan fingerprint density at radius 1 is 1.13 bits per heavy atom. The molecule has 0 aliphatic heterocycles. The Morgan fingerprint density at radius 3 is 2.52 bits per heavy atom. The van der Waals surface area contributed by atoms with Crippen LogP contribution in [0.15, 0.2) is 59.9 Å². The van der Waals surface area contributed by atoms with Crippen molar-refractivity contribution >= 4 is 11.5 Å². The van der Waals surface area contributed by atoms with E-state index in [9.17, 15) is 20.4 Å². The number of ether oxygens (including phenoxy) is 2. The maximum Gasteiger partial charge on any atom is 0.310 e. The first-order valence-electron chi connectivity index (χ1n) is 9.83. The molecule has 0 radical (unpaired) electrons. The van der Waals surface area contributed by atoms with Crippen molar-refractivity contribution in [1.82, 2.24) is 0 Å². The number of allylic oxidation sites excluding steroid dienone is 2. The summed E-state index contributed by atoms with van der Waals surface area (Å²) in [7, 11) is 0. The lowest BCUT2D eigenvalue weighted by Gasteiger charge is -2.29. The summed E-state index contributed by atoms with van der Waals surface area (Å²) >= 11 is 0. The first kappa shape index (κ1) is 21.7. The van der Waals surface area contributed by atoms with Gasteiger partial charge in [0.25, 0.3) is 0 Å². The van der Waals surface area contributed by atoms with Crippen LogP contribution in [0.3, 0.4) is 0 Å². The maximum atomic E-state index is 12.0. The van der Waals surface area contributed by atoms with Crippen molar-refractivity contribution in [3.63, 3.8) is 0 Å². The molecule has 156 valence electrons. The fraction of sp³-hybridized carbons (Fsp3) is 0.240. The number of nitriles is 2. The summed E-state index contributed by atoms with van der Waals surface area (Å²) in [5.41, 5.74) is 2.20. The minimum atomic E-state index is -1.20. The fourth-order valence-electron chi connectivity index (χ4n) is 3.42. The number of esters is 1. The molecule has 1 aliphatic carbocycles. The Labute approximate surface area is 181 Å². The van der Waals surface area contributed by atoms with Crippen LogP contribution in [-0.2, 0) is 16.0 Å². The highest BCUT2D eigenvalue weighted by Gasteiger charge is 2.41. The highest BCUT2D eigenvalue weighted by atomic mass is 16.5. The molecule has 0 fully saturated rings. The normalized spacial score (nSPS) is 17.5. The van der Waals surface area contributed by atoms with Gasteiger partial charge in [0.05, 0.1) is 36.3 Å². The molecule has 1 unspecified atom stereocenters. The van der Waals surface area contributed by atoms with Crippen LogP contribution < -0.4 is 4.74 Å². The number of carbonyl (C=O) groups excluding carboxylic acids is 1. The molecule has 0 spiro atoms. The third-order valence-corrected chi connectivity index (χ3v) is 5.27. The van der Waals surface area contributed by atoms with Crippen LogP contribution in [-0.4, -0.2) is 23.3 Å². The maximum absolute atomic E-state index is 12.0. The molecular formula is C25H22N2O4. The molecule has 0 saturated carbocycles. The van der Waals surface area contributed by atoms with Crippen molar-refractivity contribution < 1.29 is 19.4 Å². The van der Waals surface area contributed by atoms with E-state index in [1.807, 2.05) is 19.1 Å². The fourth-order valence-corrected chi connectivity index (χ4v) is 3.42. The number of nitrogens with zero attached hydrogens (tertiary/aromatic N) is 2. The highest BCUT2D eigenvalue weighted by molar-refractivity contribution is 5.82. The van der Waals surface area contributed by atoms with Gasteiger partial charge >= 0.3 is 5.97 Å². The molecule has 2 aromatic rings. The van der Waals surface area contributed by atoms with E-state index in [0.29, 0.717) is 33.6 Å². The predicted molar refractivity (Wildman–Crippen MR) is 115 cm³/mol. The van der Waals surface area contributed by atoms with Crippen molar-refractivity contribution in [2.24, 2.45) is 0 Å². The molecule has 0 amide bonds. The number of hydrogen-bond acceptors (Lipinski definition) is 6. The lowest BCUT2D eigenvalue weighted by Crippen LogP contribution is -2.35. The molecule has 0 aromatic heterocycles. The van der Waals surface area contributed by atoms with Crippen LogP contribution >= 0.6 is 0 Å². The SMILES string of the molecule is CCOC(=O)Cc1ccc(C#N)cc1OC1(C)C(C)=CC(c2cccc(C#N)c2)=C1O. The van der Waals surface area contributed by atoms with Crippen LogP contribution in [0.4, 0.5) is 0 Å². The second kappa shape index (κ2) is 8.77. The number of aliphatic hydroxyl groups is 1. The van der Waals surface area contributed by atoms with E-state index in [0.717, 1.165) is 5.57 Å². The smallest absolute Gasteiger partial charge is 0.310 e. The average molecular weight is 414 g/mol. The van der Waals surface area contributed by atoms with Crippen molar-refractivity contribution in [3.05, 3.63) is 82.1 Å². The Balaban J connectivity index is 2.02. The van der Waals surface area contributed by atoms with E-state index in [2.05, 4.69) is 12.1 Å². The van der Waals surface area contributed by atoms with E-state index in [1.54, 1.807) is 50.2 Å². The molecule has 0 bridgehead atoms. The number of aliphatic hydroxyl groups excluding tert-OH is 1. The third kappa shape index (κ3) is 4.29. The molecule has 0 heterocycles. The van der Waals surface area contributed by atoms with Gasteiger partial charge in [-0.1, -0.05) is 18.2 Å².